The van der Waals surface area contributed by atoms with Crippen LogP contribution in [0.1, 0.15) is 38.0 Å². The monoisotopic (exact) mass is 370 g/mol. The van der Waals surface area contributed by atoms with Gasteiger partial charge in [0.05, 0.1) is 18.1 Å². The molecule has 3 aromatic rings. The third-order valence-corrected chi connectivity index (χ3v) is 4.99. The van der Waals surface area contributed by atoms with Gasteiger partial charge in [-0.15, -0.1) is 0 Å². The molecule has 1 aliphatic heterocycles. The normalized spacial score (nSPS) is 22.8. The number of benzene rings is 1. The number of furan rings is 1. The van der Waals surface area contributed by atoms with E-state index in [9.17, 15) is 15.0 Å². The van der Waals surface area contributed by atoms with Crippen molar-refractivity contribution in [2.24, 2.45) is 0 Å². The van der Waals surface area contributed by atoms with Gasteiger partial charge in [-0.1, -0.05) is 38.1 Å². The standard InChI is InChI=1S/C20H22N2O5/c1-11(2)12-3-5-13(6-4-12)16-7-14-9-22(20(25)21-19(14)27-16)18-8-15(24)17(10-23)26-18/h3-7,9,11,15,17-18,23-24H,8,10H2,1-2H3. The van der Waals surface area contributed by atoms with E-state index >= 15 is 0 Å². The lowest BCUT2D eigenvalue weighted by Gasteiger charge is -2.13. The summed E-state index contributed by atoms with van der Waals surface area (Å²) in [4.78, 5) is 16.4. The van der Waals surface area contributed by atoms with Gasteiger partial charge in [-0.3, -0.25) is 4.57 Å². The van der Waals surface area contributed by atoms with Crippen LogP contribution in [0.25, 0.3) is 22.4 Å². The van der Waals surface area contributed by atoms with E-state index in [4.69, 9.17) is 9.15 Å². The minimum absolute atomic E-state index is 0.222. The fraction of sp³-hybridized carbons (Fsp3) is 0.400. The van der Waals surface area contributed by atoms with E-state index in [1.54, 1.807) is 6.20 Å². The van der Waals surface area contributed by atoms with Gasteiger partial charge in [0.15, 0.2) is 0 Å². The highest BCUT2D eigenvalue weighted by molar-refractivity contribution is 5.79. The van der Waals surface area contributed by atoms with Crippen molar-refractivity contribution in [3.63, 3.8) is 0 Å². The van der Waals surface area contributed by atoms with Gasteiger partial charge in [-0.25, -0.2) is 4.79 Å². The lowest BCUT2D eigenvalue weighted by Crippen LogP contribution is -2.27. The number of aliphatic hydroxyl groups is 2. The molecule has 0 radical (unpaired) electrons. The van der Waals surface area contributed by atoms with Crippen LogP contribution in [0.5, 0.6) is 0 Å². The molecule has 0 amide bonds. The number of aliphatic hydroxyl groups excluding tert-OH is 2. The highest BCUT2D eigenvalue weighted by Crippen LogP contribution is 2.30. The number of aromatic nitrogens is 2. The molecule has 142 valence electrons. The number of ether oxygens (including phenoxy) is 1. The van der Waals surface area contributed by atoms with Crippen LogP contribution in [-0.2, 0) is 4.74 Å². The molecule has 1 aliphatic rings. The maximum absolute atomic E-state index is 12.4. The quantitative estimate of drug-likeness (QED) is 0.732. The summed E-state index contributed by atoms with van der Waals surface area (Å²) in [5, 5.41) is 19.8. The largest absolute Gasteiger partial charge is 0.437 e. The first-order chi connectivity index (χ1) is 13.0. The highest BCUT2D eigenvalue weighted by Gasteiger charge is 2.35. The molecule has 2 N–H and O–H groups in total. The molecule has 0 spiro atoms. The Labute approximate surface area is 155 Å². The molecule has 4 rings (SSSR count). The van der Waals surface area contributed by atoms with Gasteiger partial charge in [0.1, 0.15) is 18.1 Å². The molecular weight excluding hydrogens is 348 g/mol. The van der Waals surface area contributed by atoms with Crippen LogP contribution in [0, 0.1) is 0 Å². The number of hydrogen-bond donors (Lipinski definition) is 2. The van der Waals surface area contributed by atoms with Crippen LogP contribution in [0.15, 0.2) is 45.7 Å². The predicted octanol–water partition coefficient (Wildman–Crippen LogP) is 2.42. The van der Waals surface area contributed by atoms with Gasteiger partial charge in [0, 0.05) is 18.2 Å². The highest BCUT2D eigenvalue weighted by atomic mass is 16.5. The van der Waals surface area contributed by atoms with Crippen LogP contribution in [-0.4, -0.2) is 38.6 Å². The van der Waals surface area contributed by atoms with Gasteiger partial charge < -0.3 is 19.4 Å². The van der Waals surface area contributed by atoms with Crippen LogP contribution < -0.4 is 5.69 Å². The van der Waals surface area contributed by atoms with Gasteiger partial charge in [0.2, 0.25) is 5.71 Å². The Balaban J connectivity index is 1.68. The molecule has 3 unspecified atom stereocenters. The molecule has 3 heterocycles. The maximum atomic E-state index is 12.4. The van der Waals surface area contributed by atoms with Gasteiger partial charge in [0.25, 0.3) is 0 Å². The van der Waals surface area contributed by atoms with Crippen LogP contribution in [0.4, 0.5) is 0 Å². The first kappa shape index (κ1) is 17.9. The summed E-state index contributed by atoms with van der Waals surface area (Å²) in [6.45, 7) is 3.97. The average molecular weight is 370 g/mol. The number of rotatable bonds is 4. The Hall–Kier alpha value is -2.48. The van der Waals surface area contributed by atoms with Crippen molar-refractivity contribution < 1.29 is 19.4 Å². The van der Waals surface area contributed by atoms with Gasteiger partial charge >= 0.3 is 5.69 Å². The van der Waals surface area contributed by atoms with E-state index < -0.39 is 24.1 Å². The fourth-order valence-electron chi connectivity index (χ4n) is 3.36. The van der Waals surface area contributed by atoms with Crippen molar-refractivity contribution in [3.05, 3.63) is 52.6 Å². The molecule has 0 aliphatic carbocycles. The number of fused-ring (bicyclic) bond motifs is 1. The summed E-state index contributed by atoms with van der Waals surface area (Å²) < 4.78 is 12.7. The SMILES string of the molecule is CC(C)c1ccc(-c2cc3cn(C4CC(O)C(CO)O4)c(=O)nc3o2)cc1. The van der Waals surface area contributed by atoms with E-state index in [0.29, 0.717) is 17.1 Å². The van der Waals surface area contributed by atoms with Crippen molar-refractivity contribution in [2.45, 2.75) is 44.6 Å². The smallest absolute Gasteiger partial charge is 0.353 e. The summed E-state index contributed by atoms with van der Waals surface area (Å²) in [6, 6.07) is 9.92. The summed E-state index contributed by atoms with van der Waals surface area (Å²) in [7, 11) is 0. The summed E-state index contributed by atoms with van der Waals surface area (Å²) >= 11 is 0. The second-order valence-corrected chi connectivity index (χ2v) is 7.19. The van der Waals surface area contributed by atoms with Crippen molar-refractivity contribution in [1.82, 2.24) is 9.55 Å². The lowest BCUT2D eigenvalue weighted by molar-refractivity contribution is -0.0457. The van der Waals surface area contributed by atoms with E-state index in [-0.39, 0.29) is 18.7 Å². The Morgan fingerprint density at radius 1 is 1.30 bits per heavy atom. The molecule has 0 saturated carbocycles. The van der Waals surface area contributed by atoms with E-state index in [1.807, 2.05) is 18.2 Å². The first-order valence-corrected chi connectivity index (χ1v) is 9.03. The number of nitrogens with zero attached hydrogens (tertiary/aromatic N) is 2. The molecule has 2 aromatic heterocycles. The van der Waals surface area contributed by atoms with E-state index in [2.05, 4.69) is 31.0 Å². The number of hydrogen-bond acceptors (Lipinski definition) is 6. The Morgan fingerprint density at radius 3 is 2.67 bits per heavy atom. The van der Waals surface area contributed by atoms with Crippen molar-refractivity contribution in [1.29, 1.82) is 0 Å². The molecule has 7 nitrogen and oxygen atoms in total. The van der Waals surface area contributed by atoms with Crippen molar-refractivity contribution >= 4 is 11.1 Å². The molecular formula is C20H22N2O5. The molecule has 1 saturated heterocycles. The Kier molecular flexibility index (Phi) is 4.59. The van der Waals surface area contributed by atoms with E-state index in [1.165, 1.54) is 10.1 Å². The molecule has 1 aromatic carbocycles. The Morgan fingerprint density at radius 2 is 2.04 bits per heavy atom. The van der Waals surface area contributed by atoms with Crippen LogP contribution in [0.3, 0.4) is 0 Å². The topological polar surface area (TPSA) is 97.7 Å². The summed E-state index contributed by atoms with van der Waals surface area (Å²) in [6.07, 6.45) is -0.332. The average Bonchev–Trinajstić information content (AvgIpc) is 3.23. The third-order valence-electron chi connectivity index (χ3n) is 4.99. The second kappa shape index (κ2) is 6.92. The molecule has 3 atom stereocenters. The molecule has 7 heteroatoms. The van der Waals surface area contributed by atoms with Crippen molar-refractivity contribution in [3.8, 4) is 11.3 Å². The maximum Gasteiger partial charge on any atom is 0.353 e. The Bertz CT molecular complexity index is 1010. The zero-order valence-electron chi connectivity index (χ0n) is 15.2. The van der Waals surface area contributed by atoms with E-state index in [0.717, 1.165) is 5.56 Å². The van der Waals surface area contributed by atoms with Gasteiger partial charge in [-0.2, -0.15) is 4.98 Å². The minimum atomic E-state index is -0.818. The van der Waals surface area contributed by atoms with Crippen molar-refractivity contribution in [2.75, 3.05) is 6.61 Å². The van der Waals surface area contributed by atoms with Gasteiger partial charge in [-0.05, 0) is 17.5 Å². The molecule has 0 bridgehead atoms. The zero-order valence-corrected chi connectivity index (χ0v) is 15.2. The second-order valence-electron chi connectivity index (χ2n) is 7.19. The summed E-state index contributed by atoms with van der Waals surface area (Å²) in [5.74, 6) is 1.08. The van der Waals surface area contributed by atoms with Crippen LogP contribution in [0.2, 0.25) is 0 Å². The molecule has 27 heavy (non-hydrogen) atoms. The fourth-order valence-corrected chi connectivity index (χ4v) is 3.36. The predicted molar refractivity (Wildman–Crippen MR) is 99.4 cm³/mol. The lowest BCUT2D eigenvalue weighted by atomic mass is 10.0. The summed E-state index contributed by atoms with van der Waals surface area (Å²) in [5.41, 5.74) is 1.89. The zero-order chi connectivity index (χ0) is 19.1. The molecule has 1 fully saturated rings. The minimum Gasteiger partial charge on any atom is -0.437 e. The van der Waals surface area contributed by atoms with Crippen LogP contribution >= 0.6 is 0 Å². The first-order valence-electron chi connectivity index (χ1n) is 9.03. The third kappa shape index (κ3) is 3.29.